The molecule has 1 N–H and O–H groups in total. The maximum absolute atomic E-state index is 14.9. The van der Waals surface area contributed by atoms with Gasteiger partial charge in [-0.15, -0.1) is 0 Å². The number of urea groups is 1. The van der Waals surface area contributed by atoms with Crippen LogP contribution in [-0.2, 0) is 9.96 Å². The highest BCUT2D eigenvalue weighted by atomic mass is 28.4. The Labute approximate surface area is 222 Å². The molecule has 0 spiro atoms. The van der Waals surface area contributed by atoms with E-state index in [1.165, 1.54) is 0 Å². The van der Waals surface area contributed by atoms with E-state index >= 15 is 0 Å². The molecule has 2 unspecified atom stereocenters. The molecule has 1 saturated heterocycles. The summed E-state index contributed by atoms with van der Waals surface area (Å²) < 4.78 is 21.8. The summed E-state index contributed by atoms with van der Waals surface area (Å²) in [5.74, 6) is 0. The second kappa shape index (κ2) is 10.7. The minimum absolute atomic E-state index is 0.0254. The second-order valence-electron chi connectivity index (χ2n) is 11.9. The van der Waals surface area contributed by atoms with E-state index in [1.807, 2.05) is 41.3 Å². The van der Waals surface area contributed by atoms with Gasteiger partial charge in [-0.3, -0.25) is 0 Å². The fourth-order valence-corrected chi connectivity index (χ4v) is 6.05. The van der Waals surface area contributed by atoms with Gasteiger partial charge in [-0.1, -0.05) is 81.4 Å². The van der Waals surface area contributed by atoms with Crippen molar-refractivity contribution in [1.29, 1.82) is 0 Å². The molecule has 3 atom stereocenters. The highest BCUT2D eigenvalue weighted by Crippen LogP contribution is 2.44. The molecule has 37 heavy (non-hydrogen) atoms. The fraction of sp³-hybridized carbons (Fsp3) is 0.500. The van der Waals surface area contributed by atoms with Gasteiger partial charge in [0.05, 0.1) is 12.6 Å². The van der Waals surface area contributed by atoms with Gasteiger partial charge in [-0.2, -0.15) is 0 Å². The molecule has 0 radical (unpaired) electrons. The number of carbonyl (C=O) groups excluding carboxylic acids is 1. The predicted molar refractivity (Wildman–Crippen MR) is 152 cm³/mol. The van der Waals surface area contributed by atoms with Crippen LogP contribution in [-0.4, -0.2) is 69.7 Å². The number of amides is 2. The maximum atomic E-state index is 14.9. The smallest absolute Gasteiger partial charge is 0.321 e. The van der Waals surface area contributed by atoms with E-state index in [9.17, 15) is 9.18 Å². The summed E-state index contributed by atoms with van der Waals surface area (Å²) in [4.78, 5) is 17.8. The van der Waals surface area contributed by atoms with Crippen molar-refractivity contribution in [3.63, 3.8) is 0 Å². The molecule has 7 heteroatoms. The number of carbonyl (C=O) groups is 1. The molecule has 0 bridgehead atoms. The van der Waals surface area contributed by atoms with Crippen LogP contribution in [0.4, 0.5) is 9.18 Å². The van der Waals surface area contributed by atoms with Crippen LogP contribution >= 0.6 is 0 Å². The van der Waals surface area contributed by atoms with Gasteiger partial charge in [0.1, 0.15) is 11.7 Å². The van der Waals surface area contributed by atoms with Gasteiger partial charge in [0.2, 0.25) is 0 Å². The summed E-state index contributed by atoms with van der Waals surface area (Å²) >= 11 is 0. The molecular formula is C30H42FN3O2Si. The lowest BCUT2D eigenvalue weighted by Crippen LogP contribution is -2.59. The number of hydrogen-bond donors (Lipinski definition) is 1. The third-order valence-corrected chi connectivity index (χ3v) is 13.0. The molecule has 200 valence electrons. The van der Waals surface area contributed by atoms with Gasteiger partial charge in [0.15, 0.2) is 8.32 Å². The topological polar surface area (TPSA) is 44.8 Å². The van der Waals surface area contributed by atoms with Gasteiger partial charge in [-0.05, 0) is 53.9 Å². The first-order valence-electron chi connectivity index (χ1n) is 13.3. The Morgan fingerprint density at radius 1 is 1.14 bits per heavy atom. The van der Waals surface area contributed by atoms with Gasteiger partial charge >= 0.3 is 6.03 Å². The summed E-state index contributed by atoms with van der Waals surface area (Å²) in [6, 6.07) is 19.7. The van der Waals surface area contributed by atoms with Crippen molar-refractivity contribution >= 4 is 19.9 Å². The number of hydrogen-bond acceptors (Lipinski definition) is 3. The third-order valence-electron chi connectivity index (χ3n) is 8.50. The average molecular weight is 524 g/mol. The van der Waals surface area contributed by atoms with Crippen LogP contribution in [0.1, 0.15) is 38.3 Å². The first kappa shape index (κ1) is 27.5. The van der Waals surface area contributed by atoms with Crippen molar-refractivity contribution in [2.45, 2.75) is 63.1 Å². The van der Waals surface area contributed by atoms with E-state index in [-0.39, 0.29) is 17.6 Å². The fourth-order valence-electron chi connectivity index (χ4n) is 5.04. The Morgan fingerprint density at radius 3 is 2.35 bits per heavy atom. The van der Waals surface area contributed by atoms with Crippen LogP contribution in [0.5, 0.6) is 0 Å². The molecule has 2 aliphatic heterocycles. The lowest BCUT2D eigenvalue weighted by Gasteiger charge is -2.45. The highest BCUT2D eigenvalue weighted by molar-refractivity contribution is 6.74. The molecule has 4 rings (SSSR count). The van der Waals surface area contributed by atoms with Crippen molar-refractivity contribution in [2.24, 2.45) is 0 Å². The van der Waals surface area contributed by atoms with Gasteiger partial charge < -0.3 is 19.5 Å². The second-order valence-corrected chi connectivity index (χ2v) is 16.7. The number of rotatable bonds is 6. The summed E-state index contributed by atoms with van der Waals surface area (Å²) in [5, 5.41) is 3.12. The third kappa shape index (κ3) is 5.54. The van der Waals surface area contributed by atoms with Crippen LogP contribution in [0.2, 0.25) is 18.1 Å². The Hall–Kier alpha value is -2.48. The molecule has 0 saturated carbocycles. The Kier molecular flexibility index (Phi) is 7.98. The maximum Gasteiger partial charge on any atom is 0.321 e. The van der Waals surface area contributed by atoms with Crippen molar-refractivity contribution in [2.75, 3.05) is 33.3 Å². The molecule has 5 nitrogen and oxygen atoms in total. The first-order chi connectivity index (χ1) is 17.5. The zero-order valence-electron chi connectivity index (χ0n) is 23.1. The lowest BCUT2D eigenvalue weighted by molar-refractivity contribution is 0.0621. The van der Waals surface area contributed by atoms with Crippen LogP contribution in [0, 0.1) is 0 Å². The number of halogens is 1. The number of piperidine rings is 1. The number of nitrogens with zero attached hydrogens (tertiary/aromatic N) is 2. The molecule has 2 heterocycles. The minimum Gasteiger partial charge on any atom is -0.414 e. The van der Waals surface area contributed by atoms with E-state index in [4.69, 9.17) is 4.43 Å². The van der Waals surface area contributed by atoms with E-state index in [0.29, 0.717) is 26.1 Å². The summed E-state index contributed by atoms with van der Waals surface area (Å²) in [5.41, 5.74) is 2.36. The number of alkyl halides is 1. The quantitative estimate of drug-likeness (QED) is 0.469. The van der Waals surface area contributed by atoms with Crippen molar-refractivity contribution in [1.82, 2.24) is 15.1 Å². The zero-order chi connectivity index (χ0) is 26.8. The molecule has 0 aromatic heterocycles. The van der Waals surface area contributed by atoms with Crippen LogP contribution in [0.25, 0.3) is 5.57 Å². The molecule has 2 aliphatic rings. The largest absolute Gasteiger partial charge is 0.414 e. The van der Waals surface area contributed by atoms with E-state index in [2.05, 4.69) is 69.5 Å². The normalized spacial score (nSPS) is 24.6. The van der Waals surface area contributed by atoms with Gasteiger partial charge in [0, 0.05) is 20.1 Å². The summed E-state index contributed by atoms with van der Waals surface area (Å²) in [6.45, 7) is 12.9. The molecule has 0 aliphatic carbocycles. The van der Waals surface area contributed by atoms with E-state index in [0.717, 1.165) is 16.7 Å². The van der Waals surface area contributed by atoms with Crippen molar-refractivity contribution in [3.8, 4) is 0 Å². The van der Waals surface area contributed by atoms with Crippen molar-refractivity contribution in [3.05, 3.63) is 77.9 Å². The Morgan fingerprint density at radius 2 is 1.76 bits per heavy atom. The molecular weight excluding hydrogens is 481 g/mol. The number of benzene rings is 2. The zero-order valence-corrected chi connectivity index (χ0v) is 24.1. The predicted octanol–water partition coefficient (Wildman–Crippen LogP) is 6.05. The first-order valence-corrected chi connectivity index (χ1v) is 16.2. The van der Waals surface area contributed by atoms with Gasteiger partial charge in [-0.25, -0.2) is 9.18 Å². The highest BCUT2D eigenvalue weighted by Gasteiger charge is 2.49. The van der Waals surface area contributed by atoms with Gasteiger partial charge in [0.25, 0.3) is 0 Å². The van der Waals surface area contributed by atoms with Crippen LogP contribution in [0.3, 0.4) is 0 Å². The Bertz CT molecular complexity index is 1100. The molecule has 2 aromatic carbocycles. The number of nitrogens with one attached hydrogen (secondary N) is 1. The molecule has 2 aromatic rings. The minimum atomic E-state index is -2.14. The standard InChI is InChI=1S/C30H42FN3O2Si/c1-29(2,3)37(5,6)36-22-30(25-15-11-8-12-16-25)19-24(23-13-9-7-10-14-23)21-34(30)28(35)33(4)27-17-18-32-20-26(27)31/h7-16,19,26-27,32H,17-18,20-22H2,1-6H3/t26?,27?,30-/m1/s1. The SMILES string of the molecule is CN(C(=O)N1CC(c2ccccc2)=C[C@@]1(CO[Si](C)(C)C(C)(C)C)c1ccccc1)C1CCNCC1F. The lowest BCUT2D eigenvalue weighted by atomic mass is 9.89. The summed E-state index contributed by atoms with van der Waals surface area (Å²) in [6.07, 6.45) is 1.71. The summed E-state index contributed by atoms with van der Waals surface area (Å²) in [7, 11) is -0.392. The molecule has 2 amide bonds. The van der Waals surface area contributed by atoms with E-state index in [1.54, 1.807) is 11.9 Å². The Balaban J connectivity index is 1.80. The van der Waals surface area contributed by atoms with Crippen molar-refractivity contribution < 1.29 is 13.6 Å². The average Bonchev–Trinajstić information content (AvgIpc) is 3.28. The van der Waals surface area contributed by atoms with E-state index < -0.39 is 26.1 Å². The van der Waals surface area contributed by atoms with Crippen LogP contribution < -0.4 is 5.32 Å². The monoisotopic (exact) mass is 523 g/mol. The molecule has 1 fully saturated rings. The van der Waals surface area contributed by atoms with Crippen LogP contribution in [0.15, 0.2) is 66.7 Å².